The molecule has 0 unspecified atom stereocenters. The van der Waals surface area contributed by atoms with E-state index in [0.29, 0.717) is 12.0 Å². The van der Waals surface area contributed by atoms with Gasteiger partial charge in [-0.15, -0.1) is 0 Å². The molecule has 0 saturated carbocycles. The van der Waals surface area contributed by atoms with Crippen molar-refractivity contribution >= 4 is 23.7 Å². The molecule has 0 saturated heterocycles. The van der Waals surface area contributed by atoms with E-state index >= 15 is 0 Å². The van der Waals surface area contributed by atoms with Crippen LogP contribution in [0.4, 0.5) is 5.69 Å². The summed E-state index contributed by atoms with van der Waals surface area (Å²) in [7, 11) is 0. The summed E-state index contributed by atoms with van der Waals surface area (Å²) < 4.78 is 0. The van der Waals surface area contributed by atoms with E-state index < -0.39 is 16.9 Å². The van der Waals surface area contributed by atoms with Crippen molar-refractivity contribution in [1.29, 1.82) is 0 Å². The number of benzene rings is 2. The Hall–Kier alpha value is -3.75. The van der Waals surface area contributed by atoms with Gasteiger partial charge in [-0.3, -0.25) is 19.7 Å². The van der Waals surface area contributed by atoms with E-state index in [-0.39, 0.29) is 28.8 Å². The van der Waals surface area contributed by atoms with Gasteiger partial charge in [0.2, 0.25) is 0 Å². The number of hydrogen-bond acceptors (Lipinski definition) is 6. The molecular weight excluding hydrogens is 376 g/mol. The first-order valence-electron chi connectivity index (χ1n) is 8.99. The lowest BCUT2D eigenvalue weighted by Crippen LogP contribution is -2.49. The molecule has 0 aromatic heterocycles. The van der Waals surface area contributed by atoms with E-state index in [1.165, 1.54) is 6.07 Å². The van der Waals surface area contributed by atoms with Gasteiger partial charge < -0.3 is 10.4 Å². The predicted octanol–water partition coefficient (Wildman–Crippen LogP) is 2.60. The maximum atomic E-state index is 12.6. The Morgan fingerprint density at radius 2 is 1.93 bits per heavy atom. The fourth-order valence-corrected chi connectivity index (χ4v) is 2.51. The van der Waals surface area contributed by atoms with Crippen molar-refractivity contribution in [3.8, 4) is 5.75 Å². The van der Waals surface area contributed by atoms with Crippen molar-refractivity contribution in [2.24, 2.45) is 11.0 Å². The van der Waals surface area contributed by atoms with Crippen molar-refractivity contribution in [2.45, 2.75) is 26.3 Å². The molecule has 2 amide bonds. The number of aromatic hydroxyl groups is 1. The molecule has 2 aromatic carbocycles. The van der Waals surface area contributed by atoms with Crippen LogP contribution < -0.4 is 10.7 Å². The number of rotatable bonds is 8. The molecule has 29 heavy (non-hydrogen) atoms. The smallest absolute Gasteiger partial charge is 0.270 e. The van der Waals surface area contributed by atoms with Crippen LogP contribution in [-0.2, 0) is 4.79 Å². The van der Waals surface area contributed by atoms with Crippen LogP contribution in [0.1, 0.15) is 36.2 Å². The number of nitrogens with one attached hydrogen (secondary N) is 2. The molecule has 2 aromatic rings. The van der Waals surface area contributed by atoms with Crippen molar-refractivity contribution in [2.75, 3.05) is 0 Å². The summed E-state index contributed by atoms with van der Waals surface area (Å²) >= 11 is 0. The number of non-ortho nitro benzene ring substituents is 1. The van der Waals surface area contributed by atoms with Gasteiger partial charge in [0.1, 0.15) is 11.8 Å². The topological polar surface area (TPSA) is 134 Å². The summed E-state index contributed by atoms with van der Waals surface area (Å²) in [4.78, 5) is 35.2. The van der Waals surface area contributed by atoms with E-state index in [4.69, 9.17) is 0 Å². The Bertz CT molecular complexity index is 914. The Morgan fingerprint density at radius 3 is 2.55 bits per heavy atom. The highest BCUT2D eigenvalue weighted by Gasteiger charge is 2.26. The molecular formula is C20H22N4O5. The molecule has 0 bridgehead atoms. The van der Waals surface area contributed by atoms with E-state index in [1.54, 1.807) is 30.3 Å². The van der Waals surface area contributed by atoms with Crippen molar-refractivity contribution < 1.29 is 19.6 Å². The van der Waals surface area contributed by atoms with Gasteiger partial charge in [-0.05, 0) is 24.1 Å². The van der Waals surface area contributed by atoms with E-state index in [2.05, 4.69) is 15.8 Å². The highest BCUT2D eigenvalue weighted by molar-refractivity contribution is 5.97. The lowest BCUT2D eigenvalue weighted by molar-refractivity contribution is -0.384. The second kappa shape index (κ2) is 9.98. The highest BCUT2D eigenvalue weighted by Crippen LogP contribution is 2.21. The average molecular weight is 398 g/mol. The molecule has 0 heterocycles. The second-order valence-corrected chi connectivity index (χ2v) is 6.44. The number of carbonyl (C=O) groups is 2. The van der Waals surface area contributed by atoms with Crippen LogP contribution in [-0.4, -0.2) is 34.1 Å². The second-order valence-electron chi connectivity index (χ2n) is 6.44. The number of phenols is 1. The zero-order valence-corrected chi connectivity index (χ0v) is 16.0. The summed E-state index contributed by atoms with van der Waals surface area (Å²) in [5.41, 5.74) is 2.60. The molecule has 3 N–H and O–H groups in total. The first-order valence-corrected chi connectivity index (χ1v) is 8.99. The van der Waals surface area contributed by atoms with Crippen LogP contribution in [0.3, 0.4) is 0 Å². The van der Waals surface area contributed by atoms with E-state index in [1.807, 2.05) is 13.8 Å². The molecule has 9 heteroatoms. The number of amides is 2. The minimum absolute atomic E-state index is 0.0768. The van der Waals surface area contributed by atoms with Gasteiger partial charge in [0, 0.05) is 23.3 Å². The zero-order valence-electron chi connectivity index (χ0n) is 16.0. The summed E-state index contributed by atoms with van der Waals surface area (Å²) in [5.74, 6) is -1.30. The first kappa shape index (κ1) is 21.5. The number of hydrogen-bond donors (Lipinski definition) is 3. The lowest BCUT2D eigenvalue weighted by atomic mass is 9.98. The van der Waals surface area contributed by atoms with Crippen LogP contribution in [0.15, 0.2) is 53.6 Å². The van der Waals surface area contributed by atoms with Crippen molar-refractivity contribution in [3.63, 3.8) is 0 Å². The van der Waals surface area contributed by atoms with Gasteiger partial charge in [-0.2, -0.15) is 5.10 Å². The maximum Gasteiger partial charge on any atom is 0.270 e. The SMILES string of the molecule is CC[C@H](C)[C@H](NC(=O)c1ccccc1)C(=O)NN=Cc1cc([N+](=O)[O-])ccc1O. The van der Waals surface area contributed by atoms with Gasteiger partial charge in [0.25, 0.3) is 17.5 Å². The fraction of sp³-hybridized carbons (Fsp3) is 0.250. The first-order chi connectivity index (χ1) is 13.8. The molecule has 0 spiro atoms. The Kier molecular flexibility index (Phi) is 7.41. The number of phenolic OH excluding ortho intramolecular Hbond substituents is 1. The fourth-order valence-electron chi connectivity index (χ4n) is 2.51. The third kappa shape index (κ3) is 5.86. The van der Waals surface area contributed by atoms with Crippen LogP contribution in [0, 0.1) is 16.0 Å². The predicted molar refractivity (Wildman–Crippen MR) is 108 cm³/mol. The normalized spacial score (nSPS) is 12.9. The van der Waals surface area contributed by atoms with Crippen molar-refractivity contribution in [1.82, 2.24) is 10.7 Å². The largest absolute Gasteiger partial charge is 0.507 e. The molecule has 152 valence electrons. The third-order valence-corrected chi connectivity index (χ3v) is 4.42. The molecule has 2 rings (SSSR count). The quantitative estimate of drug-likeness (QED) is 0.357. The average Bonchev–Trinajstić information content (AvgIpc) is 2.72. The molecule has 0 aliphatic rings. The van der Waals surface area contributed by atoms with Gasteiger partial charge in [-0.1, -0.05) is 38.5 Å². The summed E-state index contributed by atoms with van der Waals surface area (Å²) in [5, 5.41) is 27.1. The van der Waals surface area contributed by atoms with Crippen LogP contribution in [0.5, 0.6) is 5.75 Å². The molecule has 0 aliphatic carbocycles. The number of nitro groups is 1. The van der Waals surface area contributed by atoms with E-state index in [0.717, 1.165) is 18.3 Å². The minimum Gasteiger partial charge on any atom is -0.507 e. The zero-order chi connectivity index (χ0) is 21.4. The van der Waals surface area contributed by atoms with Gasteiger partial charge in [0.15, 0.2) is 0 Å². The van der Waals surface area contributed by atoms with Gasteiger partial charge in [-0.25, -0.2) is 5.43 Å². The Balaban J connectivity index is 2.10. The third-order valence-electron chi connectivity index (χ3n) is 4.42. The minimum atomic E-state index is -0.830. The summed E-state index contributed by atoms with van der Waals surface area (Å²) in [6.45, 7) is 3.72. The Morgan fingerprint density at radius 1 is 1.24 bits per heavy atom. The highest BCUT2D eigenvalue weighted by atomic mass is 16.6. The van der Waals surface area contributed by atoms with Crippen LogP contribution >= 0.6 is 0 Å². The Labute approximate surface area is 167 Å². The molecule has 2 atom stereocenters. The number of carbonyl (C=O) groups excluding carboxylic acids is 2. The van der Waals surface area contributed by atoms with E-state index in [9.17, 15) is 24.8 Å². The van der Waals surface area contributed by atoms with Gasteiger partial charge in [0.05, 0.1) is 11.1 Å². The summed E-state index contributed by atoms with van der Waals surface area (Å²) in [6, 6.07) is 11.2. The van der Waals surface area contributed by atoms with Crippen LogP contribution in [0.25, 0.3) is 0 Å². The maximum absolute atomic E-state index is 12.6. The molecule has 0 radical (unpaired) electrons. The molecule has 0 fully saturated rings. The monoisotopic (exact) mass is 398 g/mol. The van der Waals surface area contributed by atoms with Gasteiger partial charge >= 0.3 is 0 Å². The molecule has 9 nitrogen and oxygen atoms in total. The van der Waals surface area contributed by atoms with Crippen molar-refractivity contribution in [3.05, 3.63) is 69.8 Å². The standard InChI is InChI=1S/C20H22N4O5/c1-3-13(2)18(22-19(26)14-7-5-4-6-8-14)20(27)23-21-12-15-11-16(24(28)29)9-10-17(15)25/h4-13,18,25H,3H2,1-2H3,(H,22,26)(H,23,27)/t13-,18-/m0/s1. The van der Waals surface area contributed by atoms with Crippen LogP contribution in [0.2, 0.25) is 0 Å². The summed E-state index contributed by atoms with van der Waals surface area (Å²) in [6.07, 6.45) is 1.75. The lowest BCUT2D eigenvalue weighted by Gasteiger charge is -2.22. The molecule has 0 aliphatic heterocycles. The number of hydrazone groups is 1. The number of nitro benzene ring substituents is 1. The number of nitrogens with zero attached hydrogens (tertiary/aromatic N) is 2.